The number of hydrogen-bond acceptors (Lipinski definition) is 2. The van der Waals surface area contributed by atoms with Crippen molar-refractivity contribution in [1.29, 1.82) is 0 Å². The Morgan fingerprint density at radius 3 is 2.10 bits per heavy atom. The zero-order valence-corrected chi connectivity index (χ0v) is 15.6. The highest BCUT2D eigenvalue weighted by Gasteiger charge is 2.34. The fraction of sp³-hybridized carbons (Fsp3) is 0.0435. The molecule has 4 rings (SSSR count). The average Bonchev–Trinajstić information content (AvgIpc) is 3.20. The number of anilines is 1. The molecule has 0 aliphatic rings. The summed E-state index contributed by atoms with van der Waals surface area (Å²) < 4.78 is 41.3. The van der Waals surface area contributed by atoms with Crippen molar-refractivity contribution in [1.82, 2.24) is 9.78 Å². The van der Waals surface area contributed by atoms with E-state index in [1.165, 1.54) is 22.9 Å². The number of rotatable bonds is 4. The molecule has 30 heavy (non-hydrogen) atoms. The van der Waals surface area contributed by atoms with E-state index in [9.17, 15) is 18.0 Å². The Morgan fingerprint density at radius 1 is 0.833 bits per heavy atom. The molecule has 0 saturated heterocycles. The number of hydrogen-bond donors (Lipinski definition) is 1. The first-order valence-corrected chi connectivity index (χ1v) is 9.12. The van der Waals surface area contributed by atoms with E-state index >= 15 is 0 Å². The maximum Gasteiger partial charge on any atom is 0.418 e. The molecule has 0 spiro atoms. The van der Waals surface area contributed by atoms with Gasteiger partial charge in [-0.2, -0.15) is 18.3 Å². The molecule has 0 unspecified atom stereocenters. The molecule has 7 heteroatoms. The maximum atomic E-state index is 13.3. The molecule has 1 aromatic heterocycles. The van der Waals surface area contributed by atoms with Gasteiger partial charge in [0.1, 0.15) is 5.69 Å². The van der Waals surface area contributed by atoms with Crippen LogP contribution in [0.5, 0.6) is 0 Å². The zero-order valence-electron chi connectivity index (χ0n) is 15.6. The van der Waals surface area contributed by atoms with Crippen molar-refractivity contribution in [3.05, 3.63) is 102 Å². The Morgan fingerprint density at radius 2 is 1.43 bits per heavy atom. The molecule has 3 aromatic carbocycles. The zero-order chi connectivity index (χ0) is 21.1. The highest BCUT2D eigenvalue weighted by Crippen LogP contribution is 2.35. The number of alkyl halides is 3. The summed E-state index contributed by atoms with van der Waals surface area (Å²) in [6.45, 7) is 0. The molecule has 4 nitrogen and oxygen atoms in total. The molecule has 4 aromatic rings. The molecular weight excluding hydrogens is 391 g/mol. The molecule has 0 radical (unpaired) electrons. The summed E-state index contributed by atoms with van der Waals surface area (Å²) in [4.78, 5) is 13.0. The van der Waals surface area contributed by atoms with E-state index < -0.39 is 17.6 Å². The van der Waals surface area contributed by atoms with Crippen LogP contribution >= 0.6 is 0 Å². The minimum Gasteiger partial charge on any atom is -0.320 e. The fourth-order valence-corrected chi connectivity index (χ4v) is 3.08. The normalized spacial score (nSPS) is 11.3. The molecule has 1 heterocycles. The number of amides is 1. The number of nitrogens with zero attached hydrogens (tertiary/aromatic N) is 2. The number of carbonyl (C=O) groups is 1. The Kier molecular flexibility index (Phi) is 5.10. The lowest BCUT2D eigenvalue weighted by Gasteiger charge is -2.14. The van der Waals surface area contributed by atoms with Crippen molar-refractivity contribution in [3.8, 4) is 16.9 Å². The summed E-state index contributed by atoms with van der Waals surface area (Å²) in [6.07, 6.45) is -4.58. The second-order valence-corrected chi connectivity index (χ2v) is 6.53. The first-order chi connectivity index (χ1) is 14.4. The lowest BCUT2D eigenvalue weighted by atomic mass is 10.1. The minimum atomic E-state index is -4.58. The van der Waals surface area contributed by atoms with Gasteiger partial charge in [-0.15, -0.1) is 0 Å². The van der Waals surface area contributed by atoms with Gasteiger partial charge < -0.3 is 5.32 Å². The fourth-order valence-electron chi connectivity index (χ4n) is 3.08. The Labute approximate surface area is 170 Å². The van der Waals surface area contributed by atoms with Gasteiger partial charge in [-0.25, -0.2) is 4.68 Å². The van der Waals surface area contributed by atoms with Crippen molar-refractivity contribution >= 4 is 11.6 Å². The summed E-state index contributed by atoms with van der Waals surface area (Å²) in [5.41, 5.74) is 0.848. The number of aromatic nitrogens is 2. The summed E-state index contributed by atoms with van der Waals surface area (Å²) in [5.74, 6) is -0.690. The van der Waals surface area contributed by atoms with Crippen molar-refractivity contribution in [3.63, 3.8) is 0 Å². The third-order valence-corrected chi connectivity index (χ3v) is 4.49. The molecule has 1 amide bonds. The van der Waals surface area contributed by atoms with Gasteiger partial charge in [-0.3, -0.25) is 4.79 Å². The molecule has 0 atom stereocenters. The first kappa shape index (κ1) is 19.4. The van der Waals surface area contributed by atoms with E-state index in [4.69, 9.17) is 0 Å². The number of carbonyl (C=O) groups excluding carboxylic acids is 1. The van der Waals surface area contributed by atoms with Gasteiger partial charge in [-0.05, 0) is 30.3 Å². The van der Waals surface area contributed by atoms with Gasteiger partial charge >= 0.3 is 6.18 Å². The van der Waals surface area contributed by atoms with Crippen LogP contribution < -0.4 is 5.32 Å². The Hall–Kier alpha value is -3.87. The Bertz CT molecular complexity index is 1170. The molecular formula is C23H16F3N3O. The molecule has 0 aliphatic heterocycles. The first-order valence-electron chi connectivity index (χ1n) is 9.12. The smallest absolute Gasteiger partial charge is 0.320 e. The summed E-state index contributed by atoms with van der Waals surface area (Å²) in [7, 11) is 0. The van der Waals surface area contributed by atoms with E-state index in [0.29, 0.717) is 11.4 Å². The van der Waals surface area contributed by atoms with Crippen LogP contribution in [0.2, 0.25) is 0 Å². The van der Waals surface area contributed by atoms with Crippen molar-refractivity contribution in [2.75, 3.05) is 5.32 Å². The highest BCUT2D eigenvalue weighted by molar-refractivity contribution is 6.04. The molecule has 150 valence electrons. The predicted molar refractivity (Wildman–Crippen MR) is 108 cm³/mol. The van der Waals surface area contributed by atoms with Crippen LogP contribution in [0, 0.1) is 0 Å². The largest absolute Gasteiger partial charge is 0.418 e. The van der Waals surface area contributed by atoms with Gasteiger partial charge in [0.2, 0.25) is 0 Å². The third kappa shape index (κ3) is 3.96. The van der Waals surface area contributed by atoms with Crippen molar-refractivity contribution in [2.45, 2.75) is 6.18 Å². The second-order valence-electron chi connectivity index (χ2n) is 6.53. The van der Waals surface area contributed by atoms with Gasteiger partial charge in [0.25, 0.3) is 5.91 Å². The molecule has 0 saturated carbocycles. The average molecular weight is 407 g/mol. The van der Waals surface area contributed by atoms with E-state index in [1.807, 2.05) is 36.4 Å². The van der Waals surface area contributed by atoms with Crippen LogP contribution in [0.3, 0.4) is 0 Å². The number of nitrogens with one attached hydrogen (secondary N) is 1. The summed E-state index contributed by atoms with van der Waals surface area (Å²) in [5, 5.41) is 6.91. The van der Waals surface area contributed by atoms with E-state index in [-0.39, 0.29) is 11.4 Å². The standard InChI is InChI=1S/C23H16F3N3O/c24-23(25,26)18-13-7-8-14-19(18)27-22(30)21-15-20(16-9-3-1-4-10-16)28-29(21)17-11-5-2-6-12-17/h1-15H,(H,27,30). The predicted octanol–water partition coefficient (Wildman–Crippen LogP) is 5.81. The Balaban J connectivity index is 1.77. The van der Waals surface area contributed by atoms with Crippen LogP contribution in [-0.4, -0.2) is 15.7 Å². The number of para-hydroxylation sites is 2. The molecule has 0 bridgehead atoms. The van der Waals surface area contributed by atoms with Gasteiger partial charge in [0.05, 0.1) is 22.6 Å². The van der Waals surface area contributed by atoms with Crippen LogP contribution in [0.15, 0.2) is 91.0 Å². The lowest BCUT2D eigenvalue weighted by molar-refractivity contribution is -0.136. The van der Waals surface area contributed by atoms with Crippen LogP contribution in [-0.2, 0) is 6.18 Å². The highest BCUT2D eigenvalue weighted by atomic mass is 19.4. The van der Waals surface area contributed by atoms with Crippen molar-refractivity contribution in [2.24, 2.45) is 0 Å². The second kappa shape index (κ2) is 7.87. The third-order valence-electron chi connectivity index (χ3n) is 4.49. The SMILES string of the molecule is O=C(Nc1ccccc1C(F)(F)F)c1cc(-c2ccccc2)nn1-c1ccccc1. The maximum absolute atomic E-state index is 13.3. The van der Waals surface area contributed by atoms with Gasteiger partial charge in [0.15, 0.2) is 0 Å². The summed E-state index contributed by atoms with van der Waals surface area (Å²) in [6, 6.07) is 24.6. The van der Waals surface area contributed by atoms with Gasteiger partial charge in [-0.1, -0.05) is 60.7 Å². The van der Waals surface area contributed by atoms with Crippen molar-refractivity contribution < 1.29 is 18.0 Å². The lowest BCUT2D eigenvalue weighted by Crippen LogP contribution is -2.19. The van der Waals surface area contributed by atoms with E-state index in [0.717, 1.165) is 11.6 Å². The van der Waals surface area contributed by atoms with E-state index in [2.05, 4.69) is 10.4 Å². The quantitative estimate of drug-likeness (QED) is 0.464. The topological polar surface area (TPSA) is 46.9 Å². The van der Waals surface area contributed by atoms with Crippen LogP contribution in [0.25, 0.3) is 16.9 Å². The van der Waals surface area contributed by atoms with Gasteiger partial charge in [0, 0.05) is 5.56 Å². The molecule has 0 fully saturated rings. The minimum absolute atomic E-state index is 0.122. The summed E-state index contributed by atoms with van der Waals surface area (Å²) >= 11 is 0. The number of halogens is 3. The van der Waals surface area contributed by atoms with Crippen LogP contribution in [0.4, 0.5) is 18.9 Å². The monoisotopic (exact) mass is 407 g/mol. The van der Waals surface area contributed by atoms with Crippen LogP contribution in [0.1, 0.15) is 16.1 Å². The van der Waals surface area contributed by atoms with E-state index in [1.54, 1.807) is 30.3 Å². The molecule has 0 aliphatic carbocycles. The molecule has 1 N–H and O–H groups in total. The number of benzene rings is 3.